The number of H-pyrrole nitrogens is 2. The van der Waals surface area contributed by atoms with Gasteiger partial charge in [-0.2, -0.15) is 18.3 Å². The molecule has 2 aromatic carbocycles. The lowest BCUT2D eigenvalue weighted by Gasteiger charge is -2.25. The number of ether oxygens (including phenoxy) is 1. The average Bonchev–Trinajstić information content (AvgIpc) is 3.60. The first kappa shape index (κ1) is 25.2. The van der Waals surface area contributed by atoms with Crippen molar-refractivity contribution in [3.63, 3.8) is 0 Å². The third kappa shape index (κ3) is 5.29. The number of halogens is 3. The predicted molar refractivity (Wildman–Crippen MR) is 129 cm³/mol. The second kappa shape index (κ2) is 9.77. The minimum absolute atomic E-state index is 0.0792. The molecule has 1 aliphatic carbocycles. The number of fused-ring (bicyclic) bond motifs is 2. The summed E-state index contributed by atoms with van der Waals surface area (Å²) in [5, 5.41) is 14.4. The molecule has 1 atom stereocenters. The maximum absolute atomic E-state index is 12.8. The fraction of sp³-hybridized carbons (Fsp3) is 0.269. The first-order valence-corrected chi connectivity index (χ1v) is 11.7. The van der Waals surface area contributed by atoms with Crippen LogP contribution in [0.1, 0.15) is 40.5 Å². The van der Waals surface area contributed by atoms with Crippen LogP contribution in [0.25, 0.3) is 22.0 Å². The molecule has 0 bridgehead atoms. The first-order chi connectivity index (χ1) is 18.1. The number of aromatic amines is 2. The summed E-state index contributed by atoms with van der Waals surface area (Å²) in [5.41, 5.74) is 4.03. The first-order valence-electron chi connectivity index (χ1n) is 11.7. The maximum Gasteiger partial charge on any atom is 0.490 e. The molecular formula is C26H21F3N4O5. The zero-order valence-electron chi connectivity index (χ0n) is 19.7. The van der Waals surface area contributed by atoms with Gasteiger partial charge in [0.15, 0.2) is 5.78 Å². The second-order valence-electron chi connectivity index (χ2n) is 9.15. The van der Waals surface area contributed by atoms with E-state index in [1.54, 1.807) is 12.4 Å². The molecule has 6 rings (SSSR count). The number of Topliss-reactive ketones (excluding diaryl/α,β-unsaturated/α-hetero) is 1. The molecule has 2 aromatic heterocycles. The SMILES string of the molecule is O=C(O)C(F)(F)F.O=C(c1ccc2c(c1)CC(c1nc3ccc(-c4cn[nH]c4)cc3c(=O)[nH]1)CO2)C1CC1. The number of hydrogen-bond acceptors (Lipinski definition) is 6. The normalized spacial score (nSPS) is 16.7. The quantitative estimate of drug-likeness (QED) is 0.338. The van der Waals surface area contributed by atoms with Gasteiger partial charge in [-0.25, -0.2) is 9.78 Å². The number of alkyl halides is 3. The van der Waals surface area contributed by atoms with Gasteiger partial charge in [-0.3, -0.25) is 14.7 Å². The van der Waals surface area contributed by atoms with Crippen molar-refractivity contribution >= 4 is 22.7 Å². The molecule has 0 amide bonds. The van der Waals surface area contributed by atoms with Crippen LogP contribution in [-0.4, -0.2) is 49.8 Å². The Balaban J connectivity index is 0.000000374. The molecule has 3 N–H and O–H groups in total. The molecule has 0 radical (unpaired) electrons. The van der Waals surface area contributed by atoms with Crippen LogP contribution >= 0.6 is 0 Å². The van der Waals surface area contributed by atoms with E-state index in [9.17, 15) is 22.8 Å². The van der Waals surface area contributed by atoms with Gasteiger partial charge in [-0.05, 0) is 60.7 Å². The molecule has 1 unspecified atom stereocenters. The second-order valence-corrected chi connectivity index (χ2v) is 9.15. The van der Waals surface area contributed by atoms with Crippen molar-refractivity contribution in [2.75, 3.05) is 6.61 Å². The van der Waals surface area contributed by atoms with Crippen molar-refractivity contribution in [2.45, 2.75) is 31.4 Å². The highest BCUT2D eigenvalue weighted by molar-refractivity contribution is 5.99. The number of nitrogens with one attached hydrogen (secondary N) is 2. The van der Waals surface area contributed by atoms with Crippen molar-refractivity contribution in [3.8, 4) is 16.9 Å². The number of benzene rings is 2. The number of ketones is 1. The number of carboxylic acid groups (broad SMARTS) is 1. The van der Waals surface area contributed by atoms with Crippen LogP contribution in [0.3, 0.4) is 0 Å². The van der Waals surface area contributed by atoms with Crippen LogP contribution in [0.15, 0.2) is 53.6 Å². The van der Waals surface area contributed by atoms with Crippen molar-refractivity contribution in [1.29, 1.82) is 0 Å². The van der Waals surface area contributed by atoms with E-state index < -0.39 is 12.1 Å². The largest absolute Gasteiger partial charge is 0.493 e. The van der Waals surface area contributed by atoms with Crippen LogP contribution in [-0.2, 0) is 11.2 Å². The summed E-state index contributed by atoms with van der Waals surface area (Å²) in [7, 11) is 0. The zero-order chi connectivity index (χ0) is 27.0. The van der Waals surface area contributed by atoms with Crippen LogP contribution in [0.4, 0.5) is 13.2 Å². The van der Waals surface area contributed by atoms with E-state index in [0.29, 0.717) is 29.8 Å². The molecule has 0 saturated heterocycles. The number of carbonyl (C=O) groups is 2. The molecule has 1 fully saturated rings. The molecular weight excluding hydrogens is 505 g/mol. The average molecular weight is 526 g/mol. The molecule has 9 nitrogen and oxygen atoms in total. The van der Waals surface area contributed by atoms with Crippen molar-refractivity contribution in [3.05, 3.63) is 76.1 Å². The smallest absolute Gasteiger partial charge is 0.490 e. The summed E-state index contributed by atoms with van der Waals surface area (Å²) >= 11 is 0. The highest BCUT2D eigenvalue weighted by Crippen LogP contribution is 2.36. The lowest BCUT2D eigenvalue weighted by Crippen LogP contribution is -2.24. The monoisotopic (exact) mass is 526 g/mol. The van der Waals surface area contributed by atoms with Gasteiger partial charge in [0.05, 0.1) is 29.6 Å². The number of rotatable bonds is 4. The number of aromatic nitrogens is 4. The molecule has 3 heterocycles. The van der Waals surface area contributed by atoms with Gasteiger partial charge in [0.2, 0.25) is 0 Å². The Morgan fingerprint density at radius 3 is 2.50 bits per heavy atom. The highest BCUT2D eigenvalue weighted by atomic mass is 19.4. The van der Waals surface area contributed by atoms with Gasteiger partial charge < -0.3 is 14.8 Å². The summed E-state index contributed by atoms with van der Waals surface area (Å²) in [4.78, 5) is 41.8. The third-order valence-corrected chi connectivity index (χ3v) is 6.38. The minimum atomic E-state index is -5.08. The molecule has 38 heavy (non-hydrogen) atoms. The molecule has 1 aliphatic heterocycles. The standard InChI is InChI=1S/C24H20N4O3.C2HF3O2/c29-22(13-1-2-13)15-4-6-21-16(7-15)8-17(12-31-21)23-27-20-5-3-14(18-10-25-26-11-18)9-19(20)24(30)28-23;3-2(4,5)1(6)7/h3-7,9-11,13,17H,1-2,8,12H2,(H,25,26)(H,27,28,30);(H,6,7). The highest BCUT2D eigenvalue weighted by Gasteiger charge is 2.38. The molecule has 1 saturated carbocycles. The van der Waals surface area contributed by atoms with Crippen LogP contribution in [0.5, 0.6) is 5.75 Å². The summed E-state index contributed by atoms with van der Waals surface area (Å²) < 4.78 is 37.7. The molecule has 12 heteroatoms. The van der Waals surface area contributed by atoms with Gasteiger partial charge in [0.25, 0.3) is 5.56 Å². The number of hydrogen-bond donors (Lipinski definition) is 3. The Labute approximate surface area is 212 Å². The number of aliphatic carboxylic acids is 1. The Hall–Kier alpha value is -4.48. The summed E-state index contributed by atoms with van der Waals surface area (Å²) in [6.45, 7) is 0.435. The van der Waals surface area contributed by atoms with Crippen LogP contribution in [0, 0.1) is 5.92 Å². The number of carboxylic acids is 1. The van der Waals surface area contributed by atoms with Gasteiger partial charge in [0, 0.05) is 23.2 Å². The number of carbonyl (C=O) groups excluding carboxylic acids is 1. The third-order valence-electron chi connectivity index (χ3n) is 6.38. The molecule has 2 aliphatic rings. The van der Waals surface area contributed by atoms with E-state index in [4.69, 9.17) is 19.6 Å². The maximum atomic E-state index is 12.8. The Kier molecular flexibility index (Phi) is 6.47. The number of nitrogens with zero attached hydrogens (tertiary/aromatic N) is 2. The Morgan fingerprint density at radius 1 is 1.08 bits per heavy atom. The zero-order valence-corrected chi connectivity index (χ0v) is 19.7. The van der Waals surface area contributed by atoms with Crippen LogP contribution in [0.2, 0.25) is 0 Å². The molecule has 196 valence electrons. The summed E-state index contributed by atoms with van der Waals surface area (Å²) in [5.74, 6) is -1.02. The Bertz CT molecular complexity index is 1580. The van der Waals surface area contributed by atoms with Crippen molar-refractivity contribution in [1.82, 2.24) is 20.2 Å². The lowest BCUT2D eigenvalue weighted by atomic mass is 9.93. The van der Waals surface area contributed by atoms with E-state index in [0.717, 1.165) is 40.8 Å². The van der Waals surface area contributed by atoms with E-state index in [2.05, 4.69) is 15.2 Å². The van der Waals surface area contributed by atoms with Gasteiger partial charge in [0.1, 0.15) is 11.6 Å². The van der Waals surface area contributed by atoms with Gasteiger partial charge in [-0.15, -0.1) is 0 Å². The lowest BCUT2D eigenvalue weighted by molar-refractivity contribution is -0.192. The Morgan fingerprint density at radius 2 is 1.84 bits per heavy atom. The molecule has 4 aromatic rings. The van der Waals surface area contributed by atoms with Gasteiger partial charge >= 0.3 is 12.1 Å². The molecule has 0 spiro atoms. The van der Waals surface area contributed by atoms with Crippen molar-refractivity contribution in [2.24, 2.45) is 5.92 Å². The summed E-state index contributed by atoms with van der Waals surface area (Å²) in [6, 6.07) is 11.3. The van der Waals surface area contributed by atoms with E-state index in [-0.39, 0.29) is 23.2 Å². The predicted octanol–water partition coefficient (Wildman–Crippen LogP) is 4.26. The summed E-state index contributed by atoms with van der Waals surface area (Å²) in [6.07, 6.45) is 1.06. The van der Waals surface area contributed by atoms with Crippen molar-refractivity contribution < 1.29 is 32.6 Å². The van der Waals surface area contributed by atoms with E-state index >= 15 is 0 Å². The van der Waals surface area contributed by atoms with E-state index in [1.165, 1.54) is 0 Å². The fourth-order valence-electron chi connectivity index (χ4n) is 4.24. The van der Waals surface area contributed by atoms with Gasteiger partial charge in [-0.1, -0.05) is 6.07 Å². The van der Waals surface area contributed by atoms with E-state index in [1.807, 2.05) is 36.4 Å². The van der Waals surface area contributed by atoms with Crippen LogP contribution < -0.4 is 10.3 Å². The fourth-order valence-corrected chi connectivity index (χ4v) is 4.24. The minimum Gasteiger partial charge on any atom is -0.493 e. The topological polar surface area (TPSA) is 138 Å².